The van der Waals surface area contributed by atoms with Crippen molar-refractivity contribution in [2.75, 3.05) is 5.32 Å². The Morgan fingerprint density at radius 2 is 2.08 bits per heavy atom. The molecule has 134 valence electrons. The van der Waals surface area contributed by atoms with Gasteiger partial charge in [-0.05, 0) is 54.4 Å². The lowest BCUT2D eigenvalue weighted by molar-refractivity contribution is 0.0952. The minimum atomic E-state index is -0.403. The Morgan fingerprint density at radius 3 is 2.85 bits per heavy atom. The van der Waals surface area contributed by atoms with Crippen LogP contribution in [0.1, 0.15) is 48.7 Å². The van der Waals surface area contributed by atoms with Gasteiger partial charge in [0, 0.05) is 17.3 Å². The van der Waals surface area contributed by atoms with Crippen LogP contribution in [-0.4, -0.2) is 16.0 Å². The van der Waals surface area contributed by atoms with Crippen LogP contribution >= 0.6 is 12.2 Å². The van der Waals surface area contributed by atoms with E-state index in [1.54, 1.807) is 18.3 Å². The van der Waals surface area contributed by atoms with Gasteiger partial charge in [-0.3, -0.25) is 10.1 Å². The molecule has 1 atom stereocenters. The zero-order valence-corrected chi connectivity index (χ0v) is 15.6. The molecule has 3 rings (SSSR count). The van der Waals surface area contributed by atoms with Crippen molar-refractivity contribution in [3.05, 3.63) is 60.0 Å². The lowest BCUT2D eigenvalue weighted by Crippen LogP contribution is -2.34. The Kier molecular flexibility index (Phi) is 5.63. The minimum absolute atomic E-state index is 0.176. The molecule has 6 heteroatoms. The van der Waals surface area contributed by atoms with E-state index < -0.39 is 5.91 Å². The van der Waals surface area contributed by atoms with E-state index in [1.165, 1.54) is 5.56 Å². The molecule has 0 saturated carbocycles. The number of pyridine rings is 1. The van der Waals surface area contributed by atoms with E-state index in [1.807, 2.05) is 24.3 Å². The zero-order valence-electron chi connectivity index (χ0n) is 14.8. The molecule has 0 bridgehead atoms. The summed E-state index contributed by atoms with van der Waals surface area (Å²) < 4.78 is 5.46. The second kappa shape index (κ2) is 8.10. The maximum Gasteiger partial charge on any atom is 0.293 e. The van der Waals surface area contributed by atoms with Crippen LogP contribution in [0.15, 0.2) is 53.1 Å². The van der Waals surface area contributed by atoms with E-state index in [2.05, 4.69) is 35.5 Å². The van der Waals surface area contributed by atoms with Crippen molar-refractivity contribution in [3.63, 3.8) is 0 Å². The number of rotatable bonds is 5. The van der Waals surface area contributed by atoms with Crippen LogP contribution < -0.4 is 10.6 Å². The summed E-state index contributed by atoms with van der Waals surface area (Å²) >= 11 is 5.30. The van der Waals surface area contributed by atoms with Crippen molar-refractivity contribution in [1.29, 1.82) is 0 Å². The van der Waals surface area contributed by atoms with Crippen LogP contribution in [0.5, 0.6) is 0 Å². The van der Waals surface area contributed by atoms with E-state index in [4.69, 9.17) is 16.6 Å². The van der Waals surface area contributed by atoms with E-state index in [9.17, 15) is 4.79 Å². The molecular formula is C20H21N3O2S. The van der Waals surface area contributed by atoms with Crippen LogP contribution in [0.25, 0.3) is 11.1 Å². The molecule has 0 aliphatic heterocycles. The Morgan fingerprint density at radius 1 is 1.27 bits per heavy atom. The van der Waals surface area contributed by atoms with Crippen molar-refractivity contribution < 1.29 is 9.21 Å². The monoisotopic (exact) mass is 367 g/mol. The van der Waals surface area contributed by atoms with Crippen molar-refractivity contribution in [3.8, 4) is 0 Å². The van der Waals surface area contributed by atoms with E-state index in [0.29, 0.717) is 11.6 Å². The topological polar surface area (TPSA) is 67.2 Å². The van der Waals surface area contributed by atoms with Gasteiger partial charge < -0.3 is 9.73 Å². The molecule has 0 aliphatic carbocycles. The highest BCUT2D eigenvalue weighted by Gasteiger charge is 2.15. The third-order valence-electron chi connectivity index (χ3n) is 4.21. The number of aromatic nitrogens is 1. The highest BCUT2D eigenvalue weighted by molar-refractivity contribution is 7.80. The number of hydrogen-bond acceptors (Lipinski definition) is 4. The lowest BCUT2D eigenvalue weighted by Gasteiger charge is -2.17. The predicted octanol–water partition coefficient (Wildman–Crippen LogP) is 4.86. The quantitative estimate of drug-likeness (QED) is 0.631. The van der Waals surface area contributed by atoms with Gasteiger partial charge in [0.25, 0.3) is 5.91 Å². The molecule has 26 heavy (non-hydrogen) atoms. The molecule has 2 aromatic heterocycles. The summed E-state index contributed by atoms with van der Waals surface area (Å²) in [4.78, 5) is 16.5. The fourth-order valence-electron chi connectivity index (χ4n) is 2.93. The van der Waals surface area contributed by atoms with Crippen LogP contribution in [0.3, 0.4) is 0 Å². The van der Waals surface area contributed by atoms with Gasteiger partial charge in [0.2, 0.25) is 5.71 Å². The van der Waals surface area contributed by atoms with Gasteiger partial charge in [0.05, 0.1) is 0 Å². The molecule has 3 aromatic rings. The smallest absolute Gasteiger partial charge is 0.293 e. The molecule has 2 heterocycles. The number of amides is 1. The summed E-state index contributed by atoms with van der Waals surface area (Å²) in [7, 11) is 0. The summed E-state index contributed by atoms with van der Waals surface area (Å²) in [6, 6.07) is 13.3. The normalized spacial score (nSPS) is 11.9. The number of nitrogens with one attached hydrogen (secondary N) is 2. The van der Waals surface area contributed by atoms with E-state index in [0.717, 1.165) is 23.9 Å². The molecule has 2 N–H and O–H groups in total. The van der Waals surface area contributed by atoms with Crippen molar-refractivity contribution in [1.82, 2.24) is 10.3 Å². The molecule has 1 unspecified atom stereocenters. The van der Waals surface area contributed by atoms with Crippen LogP contribution in [0, 0.1) is 0 Å². The number of carbonyl (C=O) groups excluding carboxylic acids is 1. The van der Waals surface area contributed by atoms with Gasteiger partial charge in [-0.15, -0.1) is 0 Å². The largest absolute Gasteiger partial charge is 0.433 e. The first-order chi connectivity index (χ1) is 12.6. The fourth-order valence-corrected chi connectivity index (χ4v) is 3.14. The summed E-state index contributed by atoms with van der Waals surface area (Å²) in [6.45, 7) is 4.35. The molecule has 0 aliphatic rings. The highest BCUT2D eigenvalue weighted by Crippen LogP contribution is 2.27. The number of thiocarbonyl (C=S) groups is 1. The standard InChI is InChI=1S/C20H21N3O2S/c1-3-7-13(2)15-9-4-5-10-16(15)22-20(26)23-18(24)17-12-14-8-6-11-21-19(14)25-17/h4-6,8-13H,3,7H2,1-2H3,(H2,22,23,24,26). The SMILES string of the molecule is CCCC(C)c1ccccc1NC(=S)NC(=O)c1cc2cccnc2o1. The van der Waals surface area contributed by atoms with Gasteiger partial charge in [-0.25, -0.2) is 4.98 Å². The van der Waals surface area contributed by atoms with Crippen molar-refractivity contribution in [2.45, 2.75) is 32.6 Å². The van der Waals surface area contributed by atoms with Crippen LogP contribution in [0.2, 0.25) is 0 Å². The van der Waals surface area contributed by atoms with Crippen molar-refractivity contribution in [2.24, 2.45) is 0 Å². The summed E-state index contributed by atoms with van der Waals surface area (Å²) in [5, 5.41) is 6.80. The lowest BCUT2D eigenvalue weighted by atomic mass is 9.95. The molecule has 0 saturated heterocycles. The van der Waals surface area contributed by atoms with Gasteiger partial charge in [0.15, 0.2) is 10.9 Å². The third-order valence-corrected chi connectivity index (χ3v) is 4.41. The number of fused-ring (bicyclic) bond motifs is 1. The molecule has 5 nitrogen and oxygen atoms in total. The second-order valence-corrected chi connectivity index (χ2v) is 6.60. The number of hydrogen-bond donors (Lipinski definition) is 2. The van der Waals surface area contributed by atoms with Gasteiger partial charge in [-0.1, -0.05) is 38.5 Å². The second-order valence-electron chi connectivity index (χ2n) is 6.19. The number of furan rings is 1. The Hall–Kier alpha value is -2.73. The average Bonchev–Trinajstić information content (AvgIpc) is 3.06. The first-order valence-electron chi connectivity index (χ1n) is 8.64. The van der Waals surface area contributed by atoms with Gasteiger partial charge in [0.1, 0.15) is 0 Å². The Labute approximate surface area is 157 Å². The summed E-state index contributed by atoms with van der Waals surface area (Å²) in [5.41, 5.74) is 2.51. The molecule has 1 aromatic carbocycles. The molecular weight excluding hydrogens is 346 g/mol. The van der Waals surface area contributed by atoms with Crippen molar-refractivity contribution >= 4 is 40.0 Å². The number of carbonyl (C=O) groups is 1. The zero-order chi connectivity index (χ0) is 18.5. The minimum Gasteiger partial charge on any atom is -0.433 e. The van der Waals surface area contributed by atoms with Crippen LogP contribution in [-0.2, 0) is 0 Å². The number of anilines is 1. The molecule has 1 amide bonds. The highest BCUT2D eigenvalue weighted by atomic mass is 32.1. The fraction of sp³-hybridized carbons (Fsp3) is 0.250. The first kappa shape index (κ1) is 18.1. The number of nitrogens with zero attached hydrogens (tertiary/aromatic N) is 1. The van der Waals surface area contributed by atoms with E-state index in [-0.39, 0.29) is 10.9 Å². The first-order valence-corrected chi connectivity index (χ1v) is 9.05. The van der Waals surface area contributed by atoms with Gasteiger partial charge in [-0.2, -0.15) is 0 Å². The molecule has 0 radical (unpaired) electrons. The Bertz CT molecular complexity index is 902. The predicted molar refractivity (Wildman–Crippen MR) is 107 cm³/mol. The molecule has 0 fully saturated rings. The van der Waals surface area contributed by atoms with E-state index >= 15 is 0 Å². The average molecular weight is 367 g/mol. The number of para-hydroxylation sites is 1. The number of benzene rings is 1. The van der Waals surface area contributed by atoms with Crippen LogP contribution in [0.4, 0.5) is 5.69 Å². The third kappa shape index (κ3) is 4.08. The maximum atomic E-state index is 12.4. The van der Waals surface area contributed by atoms with Gasteiger partial charge >= 0.3 is 0 Å². The Balaban J connectivity index is 1.70. The maximum absolute atomic E-state index is 12.4. The summed E-state index contributed by atoms with van der Waals surface area (Å²) in [5.74, 6) is 0.179. The summed E-state index contributed by atoms with van der Waals surface area (Å²) in [6.07, 6.45) is 3.81. The molecule has 0 spiro atoms.